The number of aromatic nitrogens is 2. The average Bonchev–Trinajstić information content (AvgIpc) is 3.31. The third-order valence-corrected chi connectivity index (χ3v) is 6.11. The number of likely N-dealkylation sites (N-methyl/N-ethyl adjacent to an activating group) is 1. The van der Waals surface area contributed by atoms with Crippen molar-refractivity contribution in [2.75, 3.05) is 46.9 Å². The molecule has 0 unspecified atom stereocenters. The lowest BCUT2D eigenvalue weighted by molar-refractivity contribution is 0.280. The summed E-state index contributed by atoms with van der Waals surface area (Å²) >= 11 is 0. The molecular formula is C25H32N4O2. The molecule has 0 saturated carbocycles. The van der Waals surface area contributed by atoms with Crippen LogP contribution in [0.3, 0.4) is 0 Å². The predicted octanol–water partition coefficient (Wildman–Crippen LogP) is 3.35. The maximum absolute atomic E-state index is 13.3. The van der Waals surface area contributed by atoms with Crippen molar-refractivity contribution in [2.24, 2.45) is 0 Å². The number of rotatable bonds is 9. The topological polar surface area (TPSA) is 50.6 Å². The average molecular weight is 421 g/mol. The Morgan fingerprint density at radius 2 is 1.77 bits per heavy atom. The number of hydrogen-bond donors (Lipinski definition) is 0. The van der Waals surface area contributed by atoms with E-state index in [0.717, 1.165) is 35.9 Å². The van der Waals surface area contributed by atoms with Crippen LogP contribution in [-0.4, -0.2) is 66.2 Å². The minimum Gasteiger partial charge on any atom is -0.497 e. The van der Waals surface area contributed by atoms with E-state index in [2.05, 4.69) is 16.8 Å². The van der Waals surface area contributed by atoms with Crippen molar-refractivity contribution < 1.29 is 4.74 Å². The minimum absolute atomic E-state index is 0.0255. The van der Waals surface area contributed by atoms with Crippen LogP contribution in [0.1, 0.15) is 25.1 Å². The van der Waals surface area contributed by atoms with Crippen LogP contribution in [0.25, 0.3) is 16.6 Å². The van der Waals surface area contributed by atoms with Gasteiger partial charge in [-0.15, -0.1) is 0 Å². The molecule has 6 heteroatoms. The second-order valence-corrected chi connectivity index (χ2v) is 8.34. The number of para-hydroxylation sites is 1. The molecule has 31 heavy (non-hydrogen) atoms. The van der Waals surface area contributed by atoms with E-state index in [4.69, 9.17) is 9.72 Å². The molecule has 2 aromatic carbocycles. The maximum atomic E-state index is 13.3. The van der Waals surface area contributed by atoms with Gasteiger partial charge in [0.25, 0.3) is 5.56 Å². The summed E-state index contributed by atoms with van der Waals surface area (Å²) in [5, 5.41) is 0.640. The Morgan fingerprint density at radius 1 is 1.03 bits per heavy atom. The summed E-state index contributed by atoms with van der Waals surface area (Å²) in [4.78, 5) is 23.1. The summed E-state index contributed by atoms with van der Waals surface area (Å²) in [5.41, 5.74) is 1.54. The van der Waals surface area contributed by atoms with Crippen LogP contribution >= 0.6 is 0 Å². The van der Waals surface area contributed by atoms with Crippen LogP contribution in [-0.2, 0) is 6.42 Å². The van der Waals surface area contributed by atoms with E-state index in [1.165, 1.54) is 38.9 Å². The Bertz CT molecular complexity index is 1060. The molecule has 1 aromatic heterocycles. The monoisotopic (exact) mass is 420 g/mol. The summed E-state index contributed by atoms with van der Waals surface area (Å²) in [6.45, 7) is 5.59. The van der Waals surface area contributed by atoms with Gasteiger partial charge < -0.3 is 14.5 Å². The molecule has 6 nitrogen and oxygen atoms in total. The lowest BCUT2D eigenvalue weighted by Gasteiger charge is -2.20. The van der Waals surface area contributed by atoms with E-state index in [-0.39, 0.29) is 5.56 Å². The highest BCUT2D eigenvalue weighted by molar-refractivity contribution is 5.77. The number of likely N-dealkylation sites (tertiary alicyclic amines) is 1. The molecule has 3 aromatic rings. The molecule has 0 radical (unpaired) electrons. The van der Waals surface area contributed by atoms with E-state index < -0.39 is 0 Å². The van der Waals surface area contributed by atoms with Crippen LogP contribution in [0, 0.1) is 0 Å². The van der Waals surface area contributed by atoms with Crippen molar-refractivity contribution in [1.29, 1.82) is 0 Å². The highest BCUT2D eigenvalue weighted by Gasteiger charge is 2.14. The second kappa shape index (κ2) is 10.1. The number of methoxy groups -OCH3 is 1. The summed E-state index contributed by atoms with van der Waals surface area (Å²) in [6.07, 6.45) is 4.57. The van der Waals surface area contributed by atoms with Gasteiger partial charge in [-0.25, -0.2) is 4.98 Å². The van der Waals surface area contributed by atoms with E-state index in [1.807, 2.05) is 48.5 Å². The van der Waals surface area contributed by atoms with Crippen LogP contribution in [0.2, 0.25) is 0 Å². The van der Waals surface area contributed by atoms with Crippen LogP contribution in [0.15, 0.2) is 53.3 Å². The van der Waals surface area contributed by atoms with Crippen molar-refractivity contribution >= 4 is 10.9 Å². The molecule has 0 atom stereocenters. The lowest BCUT2D eigenvalue weighted by atomic mass is 10.2. The fourth-order valence-corrected chi connectivity index (χ4v) is 4.32. The summed E-state index contributed by atoms with van der Waals surface area (Å²) in [6, 6.07) is 15.2. The zero-order valence-corrected chi connectivity index (χ0v) is 18.6. The Hall–Kier alpha value is -2.70. The number of nitrogens with zero attached hydrogens (tertiary/aromatic N) is 4. The third-order valence-electron chi connectivity index (χ3n) is 6.11. The van der Waals surface area contributed by atoms with Gasteiger partial charge in [0.2, 0.25) is 0 Å². The molecule has 0 spiro atoms. The van der Waals surface area contributed by atoms with Gasteiger partial charge in [0.05, 0.1) is 23.7 Å². The van der Waals surface area contributed by atoms with Gasteiger partial charge in [0.1, 0.15) is 11.6 Å². The Morgan fingerprint density at radius 3 is 2.52 bits per heavy atom. The van der Waals surface area contributed by atoms with E-state index in [1.54, 1.807) is 11.7 Å². The molecule has 4 rings (SSSR count). The molecule has 0 N–H and O–H groups in total. The zero-order chi connectivity index (χ0) is 21.6. The SMILES string of the molecule is COc1ccc(-n2c(CCN(C)CCCN3CCCC3)nc3ccccc3c2=O)cc1. The van der Waals surface area contributed by atoms with Gasteiger partial charge in [-0.2, -0.15) is 0 Å². The molecule has 2 heterocycles. The first kappa shape index (κ1) is 21.5. The fourth-order valence-electron chi connectivity index (χ4n) is 4.32. The maximum Gasteiger partial charge on any atom is 0.265 e. The molecule has 1 aliphatic rings. The first-order chi connectivity index (χ1) is 15.2. The zero-order valence-electron chi connectivity index (χ0n) is 18.6. The number of benzene rings is 2. The largest absolute Gasteiger partial charge is 0.497 e. The van der Waals surface area contributed by atoms with Crippen LogP contribution < -0.4 is 10.3 Å². The van der Waals surface area contributed by atoms with Gasteiger partial charge in [0.15, 0.2) is 0 Å². The molecular weight excluding hydrogens is 388 g/mol. The Kier molecular flexibility index (Phi) is 6.99. The first-order valence-corrected chi connectivity index (χ1v) is 11.2. The van der Waals surface area contributed by atoms with Gasteiger partial charge in [-0.3, -0.25) is 9.36 Å². The normalized spacial score (nSPS) is 14.5. The van der Waals surface area contributed by atoms with Crippen molar-refractivity contribution in [3.05, 3.63) is 64.7 Å². The number of hydrogen-bond acceptors (Lipinski definition) is 5. The summed E-state index contributed by atoms with van der Waals surface area (Å²) in [5.74, 6) is 1.56. The summed E-state index contributed by atoms with van der Waals surface area (Å²) < 4.78 is 7.03. The quantitative estimate of drug-likeness (QED) is 0.531. The smallest absolute Gasteiger partial charge is 0.265 e. The highest BCUT2D eigenvalue weighted by atomic mass is 16.5. The number of fused-ring (bicyclic) bond motifs is 1. The minimum atomic E-state index is -0.0255. The van der Waals surface area contributed by atoms with Crippen molar-refractivity contribution in [2.45, 2.75) is 25.7 Å². The molecule has 0 amide bonds. The van der Waals surface area contributed by atoms with Crippen LogP contribution in [0.5, 0.6) is 5.75 Å². The Balaban J connectivity index is 1.53. The van der Waals surface area contributed by atoms with Crippen molar-refractivity contribution in [1.82, 2.24) is 19.4 Å². The van der Waals surface area contributed by atoms with Crippen LogP contribution in [0.4, 0.5) is 0 Å². The van der Waals surface area contributed by atoms with Crippen molar-refractivity contribution in [3.8, 4) is 11.4 Å². The standard InChI is InChI=1S/C25H32N4O2/c1-27(15-7-18-28-16-5-6-17-28)19-14-24-26-23-9-4-3-8-22(23)25(30)29(24)20-10-12-21(31-2)13-11-20/h3-4,8-13H,5-7,14-19H2,1-2H3. The lowest BCUT2D eigenvalue weighted by Crippen LogP contribution is -2.30. The molecule has 1 saturated heterocycles. The fraction of sp³-hybridized carbons (Fsp3) is 0.440. The molecule has 0 aliphatic carbocycles. The molecule has 1 aliphatic heterocycles. The van der Waals surface area contributed by atoms with E-state index >= 15 is 0 Å². The van der Waals surface area contributed by atoms with Gasteiger partial charge in [-0.1, -0.05) is 12.1 Å². The van der Waals surface area contributed by atoms with Gasteiger partial charge >= 0.3 is 0 Å². The molecule has 1 fully saturated rings. The van der Waals surface area contributed by atoms with Gasteiger partial charge in [-0.05, 0) is 88.9 Å². The Labute approximate surface area is 184 Å². The number of ether oxygens (including phenoxy) is 1. The van der Waals surface area contributed by atoms with E-state index in [9.17, 15) is 4.79 Å². The highest BCUT2D eigenvalue weighted by Crippen LogP contribution is 2.17. The molecule has 164 valence electrons. The van der Waals surface area contributed by atoms with Gasteiger partial charge in [0, 0.05) is 13.0 Å². The van der Waals surface area contributed by atoms with Crippen molar-refractivity contribution in [3.63, 3.8) is 0 Å². The predicted molar refractivity (Wildman–Crippen MR) is 125 cm³/mol. The molecule has 0 bridgehead atoms. The summed E-state index contributed by atoms with van der Waals surface area (Å²) in [7, 11) is 3.80. The van der Waals surface area contributed by atoms with E-state index in [0.29, 0.717) is 11.8 Å². The third kappa shape index (κ3) is 5.14. The first-order valence-electron chi connectivity index (χ1n) is 11.2. The second-order valence-electron chi connectivity index (χ2n) is 8.34.